The van der Waals surface area contributed by atoms with E-state index < -0.39 is 0 Å². The molecule has 2 aromatic rings. The number of fused-ring (bicyclic) bond motifs is 1. The predicted octanol–water partition coefficient (Wildman–Crippen LogP) is 4.67. The summed E-state index contributed by atoms with van der Waals surface area (Å²) in [7, 11) is 0. The first-order valence-corrected chi connectivity index (χ1v) is 6.81. The van der Waals surface area contributed by atoms with E-state index in [9.17, 15) is 4.79 Å². The number of carbonyl (C=O) groups excluding carboxylic acids is 1. The molecule has 2 heteroatoms. The van der Waals surface area contributed by atoms with E-state index >= 15 is 0 Å². The highest BCUT2D eigenvalue weighted by Crippen LogP contribution is 2.29. The number of rotatable bonds is 5. The van der Waals surface area contributed by atoms with E-state index in [4.69, 9.17) is 0 Å². The van der Waals surface area contributed by atoms with Crippen molar-refractivity contribution < 1.29 is 4.79 Å². The zero-order chi connectivity index (χ0) is 12.1. The van der Waals surface area contributed by atoms with Gasteiger partial charge in [0.05, 0.1) is 0 Å². The average molecular weight is 244 g/mol. The molecule has 0 amide bonds. The highest BCUT2D eigenvalue weighted by Gasteiger charge is 2.05. The van der Waals surface area contributed by atoms with Gasteiger partial charge in [-0.3, -0.25) is 4.79 Å². The van der Waals surface area contributed by atoms with Crippen molar-refractivity contribution in [3.8, 4) is 0 Å². The highest BCUT2D eigenvalue weighted by molar-refractivity contribution is 7.20. The molecule has 1 aromatic carbocycles. The van der Waals surface area contributed by atoms with Crippen molar-refractivity contribution in [3.63, 3.8) is 0 Å². The Balaban J connectivity index is 2.30. The summed E-state index contributed by atoms with van der Waals surface area (Å²) in [6.45, 7) is 2.16. The molecule has 1 aromatic heterocycles. The van der Waals surface area contributed by atoms with Crippen LogP contribution in [0.4, 0.5) is 0 Å². The third kappa shape index (κ3) is 2.83. The first-order valence-electron chi connectivity index (χ1n) is 5.99. The van der Waals surface area contributed by atoms with Gasteiger partial charge in [0.25, 0.3) is 0 Å². The van der Waals surface area contributed by atoms with Crippen LogP contribution in [0.2, 0.25) is 0 Å². The van der Waals surface area contributed by atoms with Crippen molar-refractivity contribution in [2.45, 2.75) is 26.2 Å². The molecule has 17 heavy (non-hydrogen) atoms. The van der Waals surface area contributed by atoms with Crippen LogP contribution in [0.5, 0.6) is 0 Å². The lowest BCUT2D eigenvalue weighted by molar-refractivity contribution is -0.103. The van der Waals surface area contributed by atoms with Crippen LogP contribution in [0.1, 0.15) is 31.1 Å². The molecule has 2 rings (SSSR count). The van der Waals surface area contributed by atoms with Crippen LogP contribution >= 0.6 is 11.3 Å². The van der Waals surface area contributed by atoms with Gasteiger partial charge in [-0.1, -0.05) is 44.0 Å². The highest BCUT2D eigenvalue weighted by atomic mass is 32.1. The third-order valence-corrected chi connectivity index (χ3v) is 3.92. The maximum Gasteiger partial charge on any atom is 0.151 e. The Morgan fingerprint density at radius 3 is 2.88 bits per heavy atom. The van der Waals surface area contributed by atoms with E-state index in [1.807, 2.05) is 12.1 Å². The molecule has 0 atom stereocenters. The first kappa shape index (κ1) is 12.1. The number of hydrogen-bond acceptors (Lipinski definition) is 2. The van der Waals surface area contributed by atoms with Gasteiger partial charge in [-0.05, 0) is 23.9 Å². The molecule has 0 aliphatic heterocycles. The quantitative estimate of drug-likeness (QED) is 0.424. The smallest absolute Gasteiger partial charge is 0.151 e. The van der Waals surface area contributed by atoms with E-state index in [-0.39, 0.29) is 0 Å². The molecule has 0 radical (unpaired) electrons. The van der Waals surface area contributed by atoms with Gasteiger partial charge in [0, 0.05) is 15.2 Å². The van der Waals surface area contributed by atoms with Crippen LogP contribution in [0.3, 0.4) is 0 Å². The number of hydrogen-bond donors (Lipinski definition) is 0. The summed E-state index contributed by atoms with van der Waals surface area (Å²) >= 11 is 1.69. The number of thiophene rings is 1. The number of aldehydes is 1. The maximum absolute atomic E-state index is 11.1. The van der Waals surface area contributed by atoms with Gasteiger partial charge in [0.15, 0.2) is 6.29 Å². The van der Waals surface area contributed by atoms with Gasteiger partial charge in [0.2, 0.25) is 0 Å². The molecule has 0 N–H and O–H groups in total. The van der Waals surface area contributed by atoms with Crippen molar-refractivity contribution in [2.24, 2.45) is 0 Å². The molecule has 0 aliphatic carbocycles. The second kappa shape index (κ2) is 5.78. The topological polar surface area (TPSA) is 17.1 Å². The number of allylic oxidation sites excluding steroid dienone is 2. The summed E-state index contributed by atoms with van der Waals surface area (Å²) in [5.74, 6) is 0. The molecular weight excluding hydrogens is 228 g/mol. The third-order valence-electron chi connectivity index (χ3n) is 2.76. The van der Waals surface area contributed by atoms with Gasteiger partial charge in [-0.2, -0.15) is 0 Å². The van der Waals surface area contributed by atoms with Gasteiger partial charge in [-0.15, -0.1) is 11.3 Å². The standard InChI is InChI=1S/C15H16OS/c1-2-3-4-8-13(11-16)15-10-12-7-5-6-9-14(12)17-15/h5-11H,2-4H2,1H3/b13-8+. The molecule has 0 unspecified atom stereocenters. The summed E-state index contributed by atoms with van der Waals surface area (Å²) in [6, 6.07) is 10.3. The Labute approximate surface area is 106 Å². The Hall–Kier alpha value is -1.41. The fourth-order valence-electron chi connectivity index (χ4n) is 1.79. The fourth-order valence-corrected chi connectivity index (χ4v) is 2.86. The molecule has 1 nitrogen and oxygen atoms in total. The van der Waals surface area contributed by atoms with Crippen LogP contribution in [-0.2, 0) is 4.79 Å². The molecule has 0 fully saturated rings. The number of unbranched alkanes of at least 4 members (excludes halogenated alkanes) is 2. The fraction of sp³-hybridized carbons (Fsp3) is 0.267. The summed E-state index contributed by atoms with van der Waals surface area (Å²) in [5, 5.41) is 1.22. The lowest BCUT2D eigenvalue weighted by atomic mass is 10.1. The molecule has 0 saturated heterocycles. The normalized spacial score (nSPS) is 11.9. The van der Waals surface area contributed by atoms with Crippen molar-refractivity contribution >= 4 is 33.3 Å². The van der Waals surface area contributed by atoms with E-state index in [2.05, 4.69) is 31.2 Å². The van der Waals surface area contributed by atoms with Crippen molar-refractivity contribution in [1.29, 1.82) is 0 Å². The van der Waals surface area contributed by atoms with Gasteiger partial charge >= 0.3 is 0 Å². The molecule has 88 valence electrons. The minimum atomic E-state index is 0.833. The van der Waals surface area contributed by atoms with E-state index in [1.165, 1.54) is 10.1 Å². The minimum absolute atomic E-state index is 0.833. The SMILES string of the molecule is CCCC/C=C(\C=O)c1cc2ccccc2s1. The van der Waals surface area contributed by atoms with E-state index in [0.29, 0.717) is 0 Å². The lowest BCUT2D eigenvalue weighted by Crippen LogP contribution is -1.81. The zero-order valence-corrected chi connectivity index (χ0v) is 10.8. The summed E-state index contributed by atoms with van der Waals surface area (Å²) in [4.78, 5) is 12.2. The summed E-state index contributed by atoms with van der Waals surface area (Å²) < 4.78 is 1.24. The maximum atomic E-state index is 11.1. The zero-order valence-electron chi connectivity index (χ0n) is 9.98. The molecule has 0 bridgehead atoms. The van der Waals surface area contributed by atoms with Gasteiger partial charge < -0.3 is 0 Å². The average Bonchev–Trinajstić information content (AvgIpc) is 2.78. The van der Waals surface area contributed by atoms with Crippen LogP contribution < -0.4 is 0 Å². The Bertz CT molecular complexity index is 504. The summed E-state index contributed by atoms with van der Waals surface area (Å²) in [5.41, 5.74) is 0.833. The van der Waals surface area contributed by atoms with Crippen LogP contribution in [0, 0.1) is 0 Å². The second-order valence-electron chi connectivity index (χ2n) is 4.07. The van der Waals surface area contributed by atoms with Crippen LogP contribution in [0.15, 0.2) is 36.4 Å². The summed E-state index contributed by atoms with van der Waals surface area (Å²) in [6.07, 6.45) is 6.32. The molecule has 1 heterocycles. The monoisotopic (exact) mass is 244 g/mol. The Kier molecular flexibility index (Phi) is 4.10. The molecule has 0 saturated carbocycles. The van der Waals surface area contributed by atoms with E-state index in [1.54, 1.807) is 11.3 Å². The van der Waals surface area contributed by atoms with Crippen LogP contribution in [0.25, 0.3) is 15.7 Å². The van der Waals surface area contributed by atoms with Crippen molar-refractivity contribution in [2.75, 3.05) is 0 Å². The van der Waals surface area contributed by atoms with Crippen molar-refractivity contribution in [1.82, 2.24) is 0 Å². The molecule has 0 aliphatic rings. The lowest BCUT2D eigenvalue weighted by Gasteiger charge is -1.95. The molecular formula is C15H16OS. The van der Waals surface area contributed by atoms with Crippen molar-refractivity contribution in [3.05, 3.63) is 41.3 Å². The largest absolute Gasteiger partial charge is 0.298 e. The molecule has 0 spiro atoms. The van der Waals surface area contributed by atoms with Gasteiger partial charge in [0.1, 0.15) is 0 Å². The van der Waals surface area contributed by atoms with E-state index in [0.717, 1.165) is 36.0 Å². The number of carbonyl (C=O) groups is 1. The first-order chi connectivity index (χ1) is 8.35. The number of benzene rings is 1. The second-order valence-corrected chi connectivity index (χ2v) is 5.15. The Morgan fingerprint density at radius 1 is 1.35 bits per heavy atom. The Morgan fingerprint density at radius 2 is 2.18 bits per heavy atom. The minimum Gasteiger partial charge on any atom is -0.298 e. The van der Waals surface area contributed by atoms with Gasteiger partial charge in [-0.25, -0.2) is 0 Å². The van der Waals surface area contributed by atoms with Crippen LogP contribution in [-0.4, -0.2) is 6.29 Å². The predicted molar refractivity (Wildman–Crippen MR) is 75.4 cm³/mol.